The Bertz CT molecular complexity index is 3120. The van der Waals surface area contributed by atoms with Crippen molar-refractivity contribution >= 4 is 54.3 Å². The van der Waals surface area contributed by atoms with Gasteiger partial charge in [0.2, 0.25) is 0 Å². The van der Waals surface area contributed by atoms with Crippen LogP contribution in [0.15, 0.2) is 200 Å². The standard InChI is InChI=1S/C51H33N3/c1-5-15-34(16-6-1)38-27-39(35-17-7-2-8-18-35)29-42(28-38)53-47-26-25-44-45(36-19-9-3-10-20-36)30-37-21-13-14-24-43(37)50(44)51(47)46-31-40-33-52-54(48(40)32-49(46)53)41-22-11-4-12-23-41/h1-33H. The highest BCUT2D eigenvalue weighted by molar-refractivity contribution is 6.31. The minimum atomic E-state index is 1.04. The van der Waals surface area contributed by atoms with Crippen molar-refractivity contribution in [1.82, 2.24) is 14.3 Å². The van der Waals surface area contributed by atoms with Crippen LogP contribution >= 0.6 is 0 Å². The number of fused-ring (bicyclic) bond motifs is 8. The number of para-hydroxylation sites is 1. The zero-order valence-electron chi connectivity index (χ0n) is 29.4. The Balaban J connectivity index is 1.32. The highest BCUT2D eigenvalue weighted by Gasteiger charge is 2.21. The number of nitrogens with zero attached hydrogens (tertiary/aromatic N) is 3. The Morgan fingerprint density at radius 2 is 0.944 bits per heavy atom. The molecule has 2 aromatic heterocycles. The third kappa shape index (κ3) is 4.79. The van der Waals surface area contributed by atoms with Crippen LogP contribution in [0, 0.1) is 0 Å². The lowest BCUT2D eigenvalue weighted by molar-refractivity contribution is 0.911. The molecule has 11 rings (SSSR count). The van der Waals surface area contributed by atoms with Crippen LogP contribution < -0.4 is 0 Å². The first-order valence-corrected chi connectivity index (χ1v) is 18.5. The highest BCUT2D eigenvalue weighted by atomic mass is 15.3. The summed E-state index contributed by atoms with van der Waals surface area (Å²) in [6.45, 7) is 0. The van der Waals surface area contributed by atoms with E-state index in [2.05, 4.69) is 203 Å². The summed E-state index contributed by atoms with van der Waals surface area (Å²) in [5, 5.41) is 13.5. The van der Waals surface area contributed by atoms with Gasteiger partial charge in [0.25, 0.3) is 0 Å². The molecule has 11 aromatic rings. The second-order valence-electron chi connectivity index (χ2n) is 14.0. The number of benzene rings is 9. The maximum atomic E-state index is 4.93. The van der Waals surface area contributed by atoms with Crippen LogP contribution in [0.25, 0.3) is 99.0 Å². The second kappa shape index (κ2) is 12.2. The number of hydrogen-bond donors (Lipinski definition) is 0. The number of rotatable bonds is 5. The molecule has 0 unspecified atom stereocenters. The molecule has 0 aliphatic rings. The smallest absolute Gasteiger partial charge is 0.0762 e. The van der Waals surface area contributed by atoms with E-state index in [9.17, 15) is 0 Å². The molecular weight excluding hydrogens is 655 g/mol. The number of aromatic nitrogens is 3. The molecule has 0 amide bonds. The third-order valence-corrected chi connectivity index (χ3v) is 10.9. The van der Waals surface area contributed by atoms with E-state index in [1.54, 1.807) is 0 Å². The maximum absolute atomic E-state index is 4.93. The second-order valence-corrected chi connectivity index (χ2v) is 14.0. The van der Waals surface area contributed by atoms with Crippen LogP contribution in [0.3, 0.4) is 0 Å². The first-order chi connectivity index (χ1) is 26.8. The molecule has 0 saturated heterocycles. The molecule has 0 aliphatic heterocycles. The van der Waals surface area contributed by atoms with Gasteiger partial charge >= 0.3 is 0 Å². The molecule has 0 bridgehead atoms. The highest BCUT2D eigenvalue weighted by Crippen LogP contribution is 2.45. The molecule has 0 spiro atoms. The van der Waals surface area contributed by atoms with Crippen molar-refractivity contribution in [2.45, 2.75) is 0 Å². The molecule has 3 nitrogen and oxygen atoms in total. The van der Waals surface area contributed by atoms with Crippen LogP contribution in [0.2, 0.25) is 0 Å². The fourth-order valence-electron chi connectivity index (χ4n) is 8.46. The van der Waals surface area contributed by atoms with E-state index < -0.39 is 0 Å². The van der Waals surface area contributed by atoms with Crippen LogP contribution in [-0.4, -0.2) is 14.3 Å². The summed E-state index contributed by atoms with van der Waals surface area (Å²) in [4.78, 5) is 0. The van der Waals surface area contributed by atoms with Crippen molar-refractivity contribution in [2.75, 3.05) is 0 Å². The van der Waals surface area contributed by atoms with Crippen molar-refractivity contribution in [3.05, 3.63) is 200 Å². The predicted octanol–water partition coefficient (Wildman–Crippen LogP) is 13.4. The van der Waals surface area contributed by atoms with Crippen molar-refractivity contribution in [3.8, 4) is 44.8 Å². The van der Waals surface area contributed by atoms with Crippen LogP contribution in [0.4, 0.5) is 0 Å². The molecular formula is C51H33N3. The van der Waals surface area contributed by atoms with Gasteiger partial charge in [-0.25, -0.2) is 4.68 Å². The van der Waals surface area contributed by atoms with E-state index in [1.807, 2.05) is 6.20 Å². The third-order valence-electron chi connectivity index (χ3n) is 10.9. The average Bonchev–Trinajstić information content (AvgIpc) is 3.82. The molecule has 252 valence electrons. The predicted molar refractivity (Wildman–Crippen MR) is 227 cm³/mol. The lowest BCUT2D eigenvalue weighted by Crippen LogP contribution is -1.98. The van der Waals surface area contributed by atoms with E-state index >= 15 is 0 Å². The average molecular weight is 688 g/mol. The maximum Gasteiger partial charge on any atom is 0.0762 e. The van der Waals surface area contributed by atoms with Crippen molar-refractivity contribution in [1.29, 1.82) is 0 Å². The van der Waals surface area contributed by atoms with Crippen LogP contribution in [0.1, 0.15) is 0 Å². The molecule has 2 heterocycles. The Hall–Kier alpha value is -7.23. The summed E-state index contributed by atoms with van der Waals surface area (Å²) in [5.41, 5.74) is 12.7. The van der Waals surface area contributed by atoms with Gasteiger partial charge in [0.05, 0.1) is 28.4 Å². The molecule has 0 saturated carbocycles. The molecule has 0 aliphatic carbocycles. The van der Waals surface area contributed by atoms with Gasteiger partial charge in [-0.05, 0) is 104 Å². The van der Waals surface area contributed by atoms with Crippen molar-refractivity contribution < 1.29 is 0 Å². The van der Waals surface area contributed by atoms with Gasteiger partial charge in [-0.3, -0.25) is 0 Å². The zero-order valence-corrected chi connectivity index (χ0v) is 29.4. The molecule has 3 heteroatoms. The van der Waals surface area contributed by atoms with E-state index in [1.165, 1.54) is 71.2 Å². The molecule has 0 radical (unpaired) electrons. The summed E-state index contributed by atoms with van der Waals surface area (Å²) in [5.74, 6) is 0. The lowest BCUT2D eigenvalue weighted by atomic mass is 9.91. The SMILES string of the molecule is c1ccc(-c2cc(-c3ccccc3)cc(-n3c4cc5c(cnn5-c5ccccc5)cc4c4c5c(ccc43)c(-c3ccccc3)cc3ccccc35)c2)cc1. The summed E-state index contributed by atoms with van der Waals surface area (Å²) < 4.78 is 4.54. The summed E-state index contributed by atoms with van der Waals surface area (Å²) in [6.07, 6.45) is 2.01. The van der Waals surface area contributed by atoms with Gasteiger partial charge in [-0.1, -0.05) is 140 Å². The van der Waals surface area contributed by atoms with Gasteiger partial charge in [-0.15, -0.1) is 0 Å². The van der Waals surface area contributed by atoms with E-state index in [0.29, 0.717) is 0 Å². The van der Waals surface area contributed by atoms with Crippen molar-refractivity contribution in [3.63, 3.8) is 0 Å². The van der Waals surface area contributed by atoms with E-state index in [0.717, 1.165) is 27.8 Å². The Kier molecular flexibility index (Phi) is 6.86. The Morgan fingerprint density at radius 3 is 1.63 bits per heavy atom. The van der Waals surface area contributed by atoms with Gasteiger partial charge in [-0.2, -0.15) is 5.10 Å². The normalized spacial score (nSPS) is 11.7. The molecule has 0 fully saturated rings. The van der Waals surface area contributed by atoms with Crippen molar-refractivity contribution in [2.24, 2.45) is 0 Å². The molecule has 0 N–H and O–H groups in total. The van der Waals surface area contributed by atoms with Gasteiger partial charge in [0.15, 0.2) is 0 Å². The monoisotopic (exact) mass is 687 g/mol. The van der Waals surface area contributed by atoms with E-state index in [4.69, 9.17) is 5.10 Å². The summed E-state index contributed by atoms with van der Waals surface area (Å²) in [6, 6.07) is 70.3. The lowest BCUT2D eigenvalue weighted by Gasteiger charge is -2.15. The fraction of sp³-hybridized carbons (Fsp3) is 0. The van der Waals surface area contributed by atoms with Gasteiger partial charge in [0.1, 0.15) is 0 Å². The largest absolute Gasteiger partial charge is 0.309 e. The first kappa shape index (κ1) is 30.4. The first-order valence-electron chi connectivity index (χ1n) is 18.5. The van der Waals surface area contributed by atoms with Crippen LogP contribution in [0.5, 0.6) is 0 Å². The quantitative estimate of drug-likeness (QED) is 0.165. The number of hydrogen-bond acceptors (Lipinski definition) is 1. The Morgan fingerprint density at radius 1 is 0.333 bits per heavy atom. The molecule has 0 atom stereocenters. The topological polar surface area (TPSA) is 22.8 Å². The molecule has 9 aromatic carbocycles. The van der Waals surface area contributed by atoms with E-state index in [-0.39, 0.29) is 0 Å². The minimum Gasteiger partial charge on any atom is -0.309 e. The minimum absolute atomic E-state index is 1.04. The fourth-order valence-corrected chi connectivity index (χ4v) is 8.46. The van der Waals surface area contributed by atoms with Gasteiger partial charge in [0, 0.05) is 27.2 Å². The summed E-state index contributed by atoms with van der Waals surface area (Å²) in [7, 11) is 0. The van der Waals surface area contributed by atoms with Crippen LogP contribution in [-0.2, 0) is 0 Å². The Labute approximate surface area is 312 Å². The molecule has 54 heavy (non-hydrogen) atoms. The van der Waals surface area contributed by atoms with Gasteiger partial charge < -0.3 is 4.57 Å². The zero-order chi connectivity index (χ0) is 35.6. The summed E-state index contributed by atoms with van der Waals surface area (Å²) >= 11 is 0.